The number of aliphatic hydroxyl groups excluding tert-OH is 1. The van der Waals surface area contributed by atoms with Gasteiger partial charge in [-0.2, -0.15) is 0 Å². The molecule has 0 aromatic rings. The summed E-state index contributed by atoms with van der Waals surface area (Å²) in [4.78, 5) is 2.53. The number of hydrogen-bond acceptors (Lipinski definition) is 3. The average Bonchev–Trinajstić information content (AvgIpc) is 2.38. The first-order valence-electron chi connectivity index (χ1n) is 8.05. The van der Waals surface area contributed by atoms with Crippen molar-refractivity contribution in [3.8, 4) is 0 Å². The van der Waals surface area contributed by atoms with Gasteiger partial charge in [-0.3, -0.25) is 0 Å². The first-order chi connectivity index (χ1) is 8.97. The standard InChI is InChI=1S/C16H34N2O/c1-14(2)17-16(3,13-19)11-8-12-18(4)15-9-6-5-7-10-15/h14-15,17,19H,5-13H2,1-4H3. The van der Waals surface area contributed by atoms with Crippen molar-refractivity contribution in [3.63, 3.8) is 0 Å². The van der Waals surface area contributed by atoms with E-state index in [0.717, 1.165) is 25.4 Å². The molecule has 1 aliphatic carbocycles. The molecule has 0 aromatic carbocycles. The maximum absolute atomic E-state index is 9.57. The van der Waals surface area contributed by atoms with E-state index >= 15 is 0 Å². The van der Waals surface area contributed by atoms with Crippen LogP contribution < -0.4 is 5.32 Å². The Kier molecular flexibility index (Phi) is 7.33. The van der Waals surface area contributed by atoms with Crippen LogP contribution in [0.4, 0.5) is 0 Å². The SMILES string of the molecule is CC(C)NC(C)(CO)CCCN(C)C1CCCCC1. The summed E-state index contributed by atoms with van der Waals surface area (Å²) >= 11 is 0. The molecule has 114 valence electrons. The highest BCUT2D eigenvalue weighted by molar-refractivity contribution is 4.84. The highest BCUT2D eigenvalue weighted by Gasteiger charge is 2.24. The van der Waals surface area contributed by atoms with Gasteiger partial charge in [0.15, 0.2) is 0 Å². The van der Waals surface area contributed by atoms with Crippen LogP contribution in [0, 0.1) is 0 Å². The van der Waals surface area contributed by atoms with Gasteiger partial charge in [-0.15, -0.1) is 0 Å². The van der Waals surface area contributed by atoms with Gasteiger partial charge in [-0.05, 0) is 46.2 Å². The number of nitrogens with one attached hydrogen (secondary N) is 1. The molecule has 0 bridgehead atoms. The average molecular weight is 270 g/mol. The van der Waals surface area contributed by atoms with Crippen molar-refractivity contribution in [3.05, 3.63) is 0 Å². The van der Waals surface area contributed by atoms with E-state index < -0.39 is 0 Å². The van der Waals surface area contributed by atoms with Crippen LogP contribution in [0.15, 0.2) is 0 Å². The molecule has 0 heterocycles. The Labute approximate surface area is 119 Å². The number of rotatable bonds is 8. The molecule has 0 saturated heterocycles. The predicted octanol–water partition coefficient (Wildman–Crippen LogP) is 2.78. The Morgan fingerprint density at radius 2 is 1.89 bits per heavy atom. The topological polar surface area (TPSA) is 35.5 Å². The van der Waals surface area contributed by atoms with Crippen molar-refractivity contribution < 1.29 is 5.11 Å². The third-order valence-corrected chi connectivity index (χ3v) is 4.42. The summed E-state index contributed by atoms with van der Waals surface area (Å²) in [7, 11) is 2.27. The van der Waals surface area contributed by atoms with Crippen molar-refractivity contribution in [2.45, 2.75) is 83.3 Å². The lowest BCUT2D eigenvalue weighted by Gasteiger charge is -2.34. The van der Waals surface area contributed by atoms with Gasteiger partial charge in [-0.25, -0.2) is 0 Å². The third-order valence-electron chi connectivity index (χ3n) is 4.42. The van der Waals surface area contributed by atoms with Crippen molar-refractivity contribution in [2.24, 2.45) is 0 Å². The second-order valence-corrected chi connectivity index (χ2v) is 6.89. The summed E-state index contributed by atoms with van der Waals surface area (Å²) in [6.07, 6.45) is 9.17. The van der Waals surface area contributed by atoms with E-state index in [1.165, 1.54) is 32.1 Å². The molecule has 3 nitrogen and oxygen atoms in total. The maximum Gasteiger partial charge on any atom is 0.0610 e. The summed E-state index contributed by atoms with van der Waals surface area (Å²) in [5.74, 6) is 0. The van der Waals surface area contributed by atoms with Gasteiger partial charge in [0.25, 0.3) is 0 Å². The molecule has 2 N–H and O–H groups in total. The smallest absolute Gasteiger partial charge is 0.0610 e. The molecule has 1 saturated carbocycles. The molecule has 1 unspecified atom stereocenters. The highest BCUT2D eigenvalue weighted by Crippen LogP contribution is 2.22. The fourth-order valence-electron chi connectivity index (χ4n) is 3.32. The van der Waals surface area contributed by atoms with Crippen LogP contribution in [-0.4, -0.2) is 47.8 Å². The minimum absolute atomic E-state index is 0.123. The van der Waals surface area contributed by atoms with Crippen LogP contribution >= 0.6 is 0 Å². The fraction of sp³-hybridized carbons (Fsp3) is 1.00. The van der Waals surface area contributed by atoms with Gasteiger partial charge in [0, 0.05) is 17.6 Å². The van der Waals surface area contributed by atoms with Crippen molar-refractivity contribution in [2.75, 3.05) is 20.2 Å². The van der Waals surface area contributed by atoms with E-state index in [2.05, 4.69) is 38.0 Å². The largest absolute Gasteiger partial charge is 0.394 e. The van der Waals surface area contributed by atoms with Gasteiger partial charge in [-0.1, -0.05) is 33.1 Å². The Morgan fingerprint density at radius 1 is 1.26 bits per heavy atom. The van der Waals surface area contributed by atoms with Gasteiger partial charge < -0.3 is 15.3 Å². The van der Waals surface area contributed by atoms with E-state index in [1.807, 2.05) is 0 Å². The number of aliphatic hydroxyl groups is 1. The Hall–Kier alpha value is -0.120. The first kappa shape index (κ1) is 16.9. The van der Waals surface area contributed by atoms with E-state index in [-0.39, 0.29) is 12.1 Å². The Balaban J connectivity index is 2.27. The first-order valence-corrected chi connectivity index (χ1v) is 8.05. The molecule has 0 radical (unpaired) electrons. The van der Waals surface area contributed by atoms with Crippen molar-refractivity contribution >= 4 is 0 Å². The van der Waals surface area contributed by atoms with Crippen LogP contribution in [0.3, 0.4) is 0 Å². The second kappa shape index (κ2) is 8.23. The van der Waals surface area contributed by atoms with E-state index in [4.69, 9.17) is 0 Å². The molecular formula is C16H34N2O. The molecular weight excluding hydrogens is 236 g/mol. The fourth-order valence-corrected chi connectivity index (χ4v) is 3.32. The molecule has 0 spiro atoms. The zero-order chi connectivity index (χ0) is 14.3. The van der Waals surface area contributed by atoms with Gasteiger partial charge in [0.1, 0.15) is 0 Å². The van der Waals surface area contributed by atoms with Gasteiger partial charge in [0.2, 0.25) is 0 Å². The van der Waals surface area contributed by atoms with Gasteiger partial charge in [0.05, 0.1) is 6.61 Å². The molecule has 1 rings (SSSR count). The van der Waals surface area contributed by atoms with E-state index in [0.29, 0.717) is 6.04 Å². The van der Waals surface area contributed by atoms with Crippen molar-refractivity contribution in [1.29, 1.82) is 0 Å². The Bertz CT molecular complexity index is 239. The second-order valence-electron chi connectivity index (χ2n) is 6.89. The predicted molar refractivity (Wildman–Crippen MR) is 82.5 cm³/mol. The molecule has 0 aromatic heterocycles. The molecule has 0 aliphatic heterocycles. The zero-order valence-corrected chi connectivity index (χ0v) is 13.4. The zero-order valence-electron chi connectivity index (χ0n) is 13.4. The summed E-state index contributed by atoms with van der Waals surface area (Å²) in [5.41, 5.74) is -0.123. The quantitative estimate of drug-likeness (QED) is 0.712. The molecule has 0 amide bonds. The Morgan fingerprint density at radius 3 is 2.42 bits per heavy atom. The van der Waals surface area contributed by atoms with Crippen LogP contribution in [0.2, 0.25) is 0 Å². The molecule has 1 fully saturated rings. The highest BCUT2D eigenvalue weighted by atomic mass is 16.3. The number of hydrogen-bond donors (Lipinski definition) is 2. The molecule has 1 aliphatic rings. The summed E-state index contributed by atoms with van der Waals surface area (Å²) < 4.78 is 0. The lowest BCUT2D eigenvalue weighted by atomic mass is 9.93. The lowest BCUT2D eigenvalue weighted by Crippen LogP contribution is -2.49. The van der Waals surface area contributed by atoms with Crippen LogP contribution in [-0.2, 0) is 0 Å². The summed E-state index contributed by atoms with van der Waals surface area (Å²) in [6.45, 7) is 7.79. The minimum atomic E-state index is -0.123. The third kappa shape index (κ3) is 6.24. The van der Waals surface area contributed by atoms with Crippen molar-refractivity contribution in [1.82, 2.24) is 10.2 Å². The van der Waals surface area contributed by atoms with E-state index in [9.17, 15) is 5.11 Å². The number of nitrogens with zero attached hydrogens (tertiary/aromatic N) is 1. The van der Waals surface area contributed by atoms with Crippen LogP contribution in [0.25, 0.3) is 0 Å². The lowest BCUT2D eigenvalue weighted by molar-refractivity contribution is 0.140. The normalized spacial score (nSPS) is 21.0. The van der Waals surface area contributed by atoms with Crippen LogP contribution in [0.1, 0.15) is 65.7 Å². The van der Waals surface area contributed by atoms with E-state index in [1.54, 1.807) is 0 Å². The van der Waals surface area contributed by atoms with Gasteiger partial charge >= 0.3 is 0 Å². The monoisotopic (exact) mass is 270 g/mol. The molecule has 19 heavy (non-hydrogen) atoms. The summed E-state index contributed by atoms with van der Waals surface area (Å²) in [5, 5.41) is 13.1. The molecule has 3 heteroatoms. The minimum Gasteiger partial charge on any atom is -0.394 e. The summed E-state index contributed by atoms with van der Waals surface area (Å²) in [6, 6.07) is 1.22. The maximum atomic E-state index is 9.57. The van der Waals surface area contributed by atoms with Crippen LogP contribution in [0.5, 0.6) is 0 Å². The molecule has 1 atom stereocenters.